The number of ketones is 1. The lowest BCUT2D eigenvalue weighted by Gasteiger charge is -2.29. The molecule has 0 radical (unpaired) electrons. The third-order valence-electron chi connectivity index (χ3n) is 4.96. The van der Waals surface area contributed by atoms with E-state index in [1.54, 1.807) is 31.2 Å². The van der Waals surface area contributed by atoms with Gasteiger partial charge in [-0.25, -0.2) is 4.79 Å². The molecule has 1 aliphatic carbocycles. The molecule has 0 fully saturated rings. The molecule has 0 amide bonds. The number of halogens is 1. The number of carbonyl (C=O) groups excluding carboxylic acids is 2. The Morgan fingerprint density at radius 2 is 1.89 bits per heavy atom. The number of carbonyl (C=O) groups is 2. The van der Waals surface area contributed by atoms with Gasteiger partial charge < -0.3 is 15.2 Å². The lowest BCUT2D eigenvalue weighted by atomic mass is 9.80. The van der Waals surface area contributed by atoms with E-state index in [0.717, 1.165) is 16.8 Å². The van der Waals surface area contributed by atoms with Crippen LogP contribution in [0.3, 0.4) is 0 Å². The van der Waals surface area contributed by atoms with Gasteiger partial charge in [0.1, 0.15) is 5.75 Å². The van der Waals surface area contributed by atoms with E-state index in [4.69, 9.17) is 4.74 Å². The van der Waals surface area contributed by atoms with Crippen molar-refractivity contribution in [1.82, 2.24) is 5.32 Å². The Morgan fingerprint density at radius 1 is 1.19 bits per heavy atom. The number of Topliss-reactive ketones (excluding diaryl/α,β-unsaturated/α-hetero) is 1. The van der Waals surface area contributed by atoms with Gasteiger partial charge in [-0.1, -0.05) is 30.3 Å². The van der Waals surface area contributed by atoms with Crippen molar-refractivity contribution in [3.63, 3.8) is 0 Å². The van der Waals surface area contributed by atoms with Crippen LogP contribution in [0, 0.1) is 0 Å². The fourth-order valence-electron chi connectivity index (χ4n) is 3.75. The highest BCUT2D eigenvalue weighted by molar-refractivity contribution is 9.10. The Kier molecular flexibility index (Phi) is 4.15. The molecule has 0 unspecified atom stereocenters. The maximum absolute atomic E-state index is 13.2. The number of phenolic OH excluding ortho intramolecular Hbond substituents is 1. The van der Waals surface area contributed by atoms with E-state index in [1.807, 2.05) is 18.2 Å². The number of dihydropyridines is 1. The number of methoxy groups -OCH3 is 1. The first-order valence-corrected chi connectivity index (χ1v) is 9.16. The predicted octanol–water partition coefficient (Wildman–Crippen LogP) is 3.90. The zero-order valence-corrected chi connectivity index (χ0v) is 16.3. The van der Waals surface area contributed by atoms with Gasteiger partial charge in [0.05, 0.1) is 22.9 Å². The SMILES string of the molecule is COC(=O)C1=C(C)NC2=C(C(=O)c3ccccc32)[C@@H]1c1ccc(O)c(Br)c1. The number of ether oxygens (including phenoxy) is 1. The second-order valence-electron chi connectivity index (χ2n) is 6.46. The number of hydrogen-bond acceptors (Lipinski definition) is 5. The number of aromatic hydroxyl groups is 1. The monoisotopic (exact) mass is 425 g/mol. The van der Waals surface area contributed by atoms with Crippen LogP contribution in [0.2, 0.25) is 0 Å². The summed E-state index contributed by atoms with van der Waals surface area (Å²) >= 11 is 3.32. The Labute approximate surface area is 164 Å². The van der Waals surface area contributed by atoms with Crippen molar-refractivity contribution in [2.45, 2.75) is 12.8 Å². The summed E-state index contributed by atoms with van der Waals surface area (Å²) in [4.78, 5) is 25.8. The third kappa shape index (κ3) is 2.59. The topological polar surface area (TPSA) is 75.6 Å². The number of allylic oxidation sites excluding steroid dienone is 2. The van der Waals surface area contributed by atoms with Crippen LogP contribution in [-0.2, 0) is 9.53 Å². The van der Waals surface area contributed by atoms with Gasteiger partial charge in [0.25, 0.3) is 0 Å². The van der Waals surface area contributed by atoms with Gasteiger partial charge in [-0.05, 0) is 40.5 Å². The molecule has 0 saturated carbocycles. The van der Waals surface area contributed by atoms with Crippen molar-refractivity contribution in [3.05, 3.63) is 80.5 Å². The van der Waals surface area contributed by atoms with Crippen molar-refractivity contribution in [1.29, 1.82) is 0 Å². The molecule has 2 aromatic carbocycles. The number of nitrogens with one attached hydrogen (secondary N) is 1. The van der Waals surface area contributed by atoms with Gasteiger partial charge >= 0.3 is 5.97 Å². The second-order valence-corrected chi connectivity index (χ2v) is 7.32. The molecule has 27 heavy (non-hydrogen) atoms. The van der Waals surface area contributed by atoms with Crippen LogP contribution in [0.4, 0.5) is 0 Å². The maximum atomic E-state index is 13.2. The van der Waals surface area contributed by atoms with Crippen LogP contribution in [0.1, 0.15) is 34.3 Å². The number of rotatable bonds is 2. The van der Waals surface area contributed by atoms with Gasteiger partial charge in [0.15, 0.2) is 5.78 Å². The van der Waals surface area contributed by atoms with Crippen LogP contribution >= 0.6 is 15.9 Å². The third-order valence-corrected chi connectivity index (χ3v) is 5.59. The number of hydrogen-bond donors (Lipinski definition) is 2. The minimum Gasteiger partial charge on any atom is -0.507 e. The summed E-state index contributed by atoms with van der Waals surface area (Å²) in [5.74, 6) is -1.12. The van der Waals surface area contributed by atoms with Gasteiger partial charge in [0.2, 0.25) is 0 Å². The zero-order valence-electron chi connectivity index (χ0n) is 14.7. The molecule has 0 bridgehead atoms. The molecule has 5 nitrogen and oxygen atoms in total. The Balaban J connectivity index is 1.97. The highest BCUT2D eigenvalue weighted by Crippen LogP contribution is 2.47. The van der Waals surface area contributed by atoms with Crippen molar-refractivity contribution in [2.75, 3.05) is 7.11 Å². The van der Waals surface area contributed by atoms with Crippen LogP contribution < -0.4 is 5.32 Å². The number of esters is 1. The molecule has 0 aromatic heterocycles. The number of phenols is 1. The number of fused-ring (bicyclic) bond motifs is 2. The second kappa shape index (κ2) is 6.39. The lowest BCUT2D eigenvalue weighted by Crippen LogP contribution is -2.29. The fourth-order valence-corrected chi connectivity index (χ4v) is 4.14. The van der Waals surface area contributed by atoms with E-state index in [1.165, 1.54) is 7.11 Å². The standard InChI is InChI=1S/C21H16BrNO4/c1-10-16(21(26)27-2)17(11-7-8-15(24)14(22)9-11)18-19(23-10)12-5-3-4-6-13(12)20(18)25/h3-9,17,23-24H,1-2H3/t17-/m1/s1. The average molecular weight is 426 g/mol. The maximum Gasteiger partial charge on any atom is 0.336 e. The molecular weight excluding hydrogens is 410 g/mol. The van der Waals surface area contributed by atoms with E-state index in [9.17, 15) is 14.7 Å². The molecule has 1 atom stereocenters. The van der Waals surface area contributed by atoms with Gasteiger partial charge in [-0.3, -0.25) is 4.79 Å². The van der Waals surface area contributed by atoms with E-state index in [0.29, 0.717) is 26.9 Å². The smallest absolute Gasteiger partial charge is 0.336 e. The summed E-state index contributed by atoms with van der Waals surface area (Å²) in [6.07, 6.45) is 0. The molecule has 1 aliphatic heterocycles. The van der Waals surface area contributed by atoms with Crippen molar-refractivity contribution < 1.29 is 19.4 Å². The van der Waals surface area contributed by atoms with Crippen molar-refractivity contribution in [3.8, 4) is 5.75 Å². The summed E-state index contributed by atoms with van der Waals surface area (Å²) < 4.78 is 5.49. The quantitative estimate of drug-likeness (QED) is 0.713. The molecule has 6 heteroatoms. The fraction of sp³-hybridized carbons (Fsp3) is 0.143. The van der Waals surface area contributed by atoms with Crippen LogP contribution in [0.5, 0.6) is 5.75 Å². The highest BCUT2D eigenvalue weighted by Gasteiger charge is 2.42. The van der Waals surface area contributed by atoms with Crippen LogP contribution in [0.25, 0.3) is 5.70 Å². The molecule has 2 N–H and O–H groups in total. The summed E-state index contributed by atoms with van der Waals surface area (Å²) in [7, 11) is 1.32. The Hall–Kier alpha value is -2.86. The Morgan fingerprint density at radius 3 is 2.56 bits per heavy atom. The van der Waals surface area contributed by atoms with E-state index in [-0.39, 0.29) is 11.5 Å². The molecular formula is C21H16BrNO4. The zero-order chi connectivity index (χ0) is 19.3. The molecule has 2 aromatic rings. The first-order chi connectivity index (χ1) is 12.9. The van der Waals surface area contributed by atoms with Gasteiger partial charge in [0, 0.05) is 28.3 Å². The normalized spacial score (nSPS) is 18.2. The largest absolute Gasteiger partial charge is 0.507 e. The van der Waals surface area contributed by atoms with E-state index >= 15 is 0 Å². The minimum atomic E-state index is -0.592. The molecule has 1 heterocycles. The first-order valence-electron chi connectivity index (χ1n) is 8.36. The van der Waals surface area contributed by atoms with Crippen molar-refractivity contribution >= 4 is 33.4 Å². The lowest BCUT2D eigenvalue weighted by molar-refractivity contribution is -0.136. The summed E-state index contributed by atoms with van der Waals surface area (Å²) in [6.45, 7) is 1.80. The molecule has 0 saturated heterocycles. The number of benzene rings is 2. The predicted molar refractivity (Wildman–Crippen MR) is 104 cm³/mol. The van der Waals surface area contributed by atoms with Crippen LogP contribution in [-0.4, -0.2) is 24.0 Å². The molecule has 0 spiro atoms. The summed E-state index contributed by atoms with van der Waals surface area (Å²) in [5.41, 5.74) is 4.40. The molecule has 4 rings (SSSR count). The summed E-state index contributed by atoms with van der Waals surface area (Å²) in [5, 5.41) is 13.1. The Bertz CT molecular complexity index is 1070. The summed E-state index contributed by atoms with van der Waals surface area (Å²) in [6, 6.07) is 12.4. The van der Waals surface area contributed by atoms with Crippen molar-refractivity contribution in [2.24, 2.45) is 0 Å². The van der Waals surface area contributed by atoms with Gasteiger partial charge in [-0.15, -0.1) is 0 Å². The average Bonchev–Trinajstić information content (AvgIpc) is 2.95. The molecule has 136 valence electrons. The highest BCUT2D eigenvalue weighted by atomic mass is 79.9. The van der Waals surface area contributed by atoms with E-state index < -0.39 is 11.9 Å². The minimum absolute atomic E-state index is 0.0863. The molecule has 2 aliphatic rings. The van der Waals surface area contributed by atoms with E-state index in [2.05, 4.69) is 21.2 Å². The first kappa shape index (κ1) is 17.5. The van der Waals surface area contributed by atoms with Crippen LogP contribution in [0.15, 0.2) is 63.8 Å². The van der Waals surface area contributed by atoms with Gasteiger partial charge in [-0.2, -0.15) is 0 Å².